The Morgan fingerprint density at radius 3 is 2.47 bits per heavy atom. The maximum atomic E-state index is 6.31. The third-order valence-electron chi connectivity index (χ3n) is 3.99. The normalized spacial score (nSPS) is 23.5. The van der Waals surface area contributed by atoms with Gasteiger partial charge in [0.15, 0.2) is 0 Å². The summed E-state index contributed by atoms with van der Waals surface area (Å²) < 4.78 is 0. The van der Waals surface area contributed by atoms with E-state index in [0.29, 0.717) is 22.6 Å². The molecular weight excluding hydrogens is 281 g/mol. The third-order valence-corrected chi connectivity index (χ3v) is 4.65. The Morgan fingerprint density at radius 1 is 1.32 bits per heavy atom. The van der Waals surface area contributed by atoms with Crippen LogP contribution in [0.1, 0.15) is 18.5 Å². The van der Waals surface area contributed by atoms with Crippen LogP contribution in [0.25, 0.3) is 0 Å². The molecule has 1 aromatic rings. The Morgan fingerprint density at radius 2 is 1.95 bits per heavy atom. The Kier molecular flexibility index (Phi) is 5.09. The number of hydrogen-bond acceptors (Lipinski definition) is 3. The molecule has 0 aromatic heterocycles. The first kappa shape index (κ1) is 15.1. The Bertz CT molecular complexity index is 418. The first-order chi connectivity index (χ1) is 9.04. The highest BCUT2D eigenvalue weighted by molar-refractivity contribution is 6.36. The first-order valence-corrected chi connectivity index (χ1v) is 7.38. The van der Waals surface area contributed by atoms with Crippen molar-refractivity contribution >= 4 is 23.2 Å². The van der Waals surface area contributed by atoms with Gasteiger partial charge in [-0.05, 0) is 26.1 Å². The van der Waals surface area contributed by atoms with E-state index in [2.05, 4.69) is 23.8 Å². The van der Waals surface area contributed by atoms with E-state index in [1.165, 1.54) is 0 Å². The summed E-state index contributed by atoms with van der Waals surface area (Å²) in [5.74, 6) is 0. The largest absolute Gasteiger partial charge is 0.329 e. The third kappa shape index (κ3) is 3.23. The van der Waals surface area contributed by atoms with Crippen LogP contribution in [0.5, 0.6) is 0 Å². The molecule has 5 heteroatoms. The van der Waals surface area contributed by atoms with E-state index in [9.17, 15) is 0 Å². The van der Waals surface area contributed by atoms with Gasteiger partial charge in [-0.1, -0.05) is 29.3 Å². The Labute approximate surface area is 125 Å². The summed E-state index contributed by atoms with van der Waals surface area (Å²) in [5, 5.41) is 1.41. The van der Waals surface area contributed by atoms with Crippen molar-refractivity contribution in [1.82, 2.24) is 9.80 Å². The van der Waals surface area contributed by atoms with Crippen LogP contribution in [-0.4, -0.2) is 49.1 Å². The molecule has 19 heavy (non-hydrogen) atoms. The monoisotopic (exact) mass is 301 g/mol. The fourth-order valence-electron chi connectivity index (χ4n) is 2.64. The van der Waals surface area contributed by atoms with Gasteiger partial charge in [-0.15, -0.1) is 0 Å². The van der Waals surface area contributed by atoms with E-state index >= 15 is 0 Å². The minimum Gasteiger partial charge on any atom is -0.329 e. The molecule has 3 nitrogen and oxygen atoms in total. The lowest BCUT2D eigenvalue weighted by atomic mass is 10.0. The molecule has 1 fully saturated rings. The number of likely N-dealkylation sites (N-methyl/N-ethyl adjacent to an activating group) is 1. The standard InChI is InChI=1S/C14H21Cl2N3/c1-10-9-19(7-6-18(10)2)13(8-17)14-11(15)4-3-5-12(14)16/h3-5,10,13H,6-9,17H2,1-2H3. The van der Waals surface area contributed by atoms with E-state index in [-0.39, 0.29) is 6.04 Å². The summed E-state index contributed by atoms with van der Waals surface area (Å²) in [4.78, 5) is 4.75. The van der Waals surface area contributed by atoms with E-state index in [4.69, 9.17) is 28.9 Å². The minimum absolute atomic E-state index is 0.0948. The van der Waals surface area contributed by atoms with Crippen molar-refractivity contribution < 1.29 is 0 Å². The Balaban J connectivity index is 2.25. The molecule has 1 saturated heterocycles. The maximum absolute atomic E-state index is 6.31. The average molecular weight is 302 g/mol. The van der Waals surface area contributed by atoms with Crippen LogP contribution in [-0.2, 0) is 0 Å². The predicted octanol–water partition coefficient (Wildman–Crippen LogP) is 2.63. The van der Waals surface area contributed by atoms with Crippen molar-refractivity contribution in [2.24, 2.45) is 5.73 Å². The molecule has 0 amide bonds. The molecule has 0 aliphatic carbocycles. The number of rotatable bonds is 3. The highest BCUT2D eigenvalue weighted by Crippen LogP contribution is 2.34. The first-order valence-electron chi connectivity index (χ1n) is 6.63. The van der Waals surface area contributed by atoms with Crippen molar-refractivity contribution in [3.05, 3.63) is 33.8 Å². The molecular formula is C14H21Cl2N3. The zero-order chi connectivity index (χ0) is 14.0. The lowest BCUT2D eigenvalue weighted by Crippen LogP contribution is -2.52. The molecule has 2 unspecified atom stereocenters. The van der Waals surface area contributed by atoms with Gasteiger partial charge in [0.2, 0.25) is 0 Å². The van der Waals surface area contributed by atoms with Gasteiger partial charge in [0.05, 0.1) is 6.04 Å². The Hall–Kier alpha value is -0.320. The molecule has 0 radical (unpaired) electrons. The van der Waals surface area contributed by atoms with Crippen LogP contribution in [0.15, 0.2) is 18.2 Å². The van der Waals surface area contributed by atoms with E-state index in [0.717, 1.165) is 25.2 Å². The number of piperazine rings is 1. The van der Waals surface area contributed by atoms with Gasteiger partial charge in [0.25, 0.3) is 0 Å². The second-order valence-corrected chi connectivity index (χ2v) is 6.03. The molecule has 1 aliphatic heterocycles. The van der Waals surface area contributed by atoms with Crippen LogP contribution < -0.4 is 5.73 Å². The van der Waals surface area contributed by atoms with Crippen LogP contribution in [0.2, 0.25) is 10.0 Å². The van der Waals surface area contributed by atoms with Crippen LogP contribution >= 0.6 is 23.2 Å². The van der Waals surface area contributed by atoms with Gasteiger partial charge in [0, 0.05) is 47.8 Å². The highest BCUT2D eigenvalue weighted by Gasteiger charge is 2.29. The lowest BCUT2D eigenvalue weighted by Gasteiger charge is -2.42. The van der Waals surface area contributed by atoms with Crippen molar-refractivity contribution in [3.63, 3.8) is 0 Å². The van der Waals surface area contributed by atoms with Gasteiger partial charge in [-0.3, -0.25) is 4.90 Å². The van der Waals surface area contributed by atoms with Crippen LogP contribution in [0.3, 0.4) is 0 Å². The fraction of sp³-hybridized carbons (Fsp3) is 0.571. The summed E-state index contributed by atoms with van der Waals surface area (Å²) >= 11 is 12.6. The maximum Gasteiger partial charge on any atom is 0.0501 e. The summed E-state index contributed by atoms with van der Waals surface area (Å²) in [6.45, 7) is 5.78. The van der Waals surface area contributed by atoms with Crippen molar-refractivity contribution in [2.75, 3.05) is 33.2 Å². The van der Waals surface area contributed by atoms with E-state index in [1.54, 1.807) is 0 Å². The molecule has 0 bridgehead atoms. The number of nitrogens with two attached hydrogens (primary N) is 1. The van der Waals surface area contributed by atoms with E-state index < -0.39 is 0 Å². The van der Waals surface area contributed by atoms with Crippen LogP contribution in [0, 0.1) is 0 Å². The zero-order valence-electron chi connectivity index (χ0n) is 11.4. The number of halogens is 2. The summed E-state index contributed by atoms with van der Waals surface area (Å²) in [5.41, 5.74) is 6.94. The fourth-order valence-corrected chi connectivity index (χ4v) is 3.29. The molecule has 2 rings (SSSR count). The number of nitrogens with zero attached hydrogens (tertiary/aromatic N) is 2. The molecule has 0 spiro atoms. The van der Waals surface area contributed by atoms with Crippen molar-refractivity contribution in [1.29, 1.82) is 0 Å². The molecule has 1 aliphatic rings. The molecule has 2 N–H and O–H groups in total. The topological polar surface area (TPSA) is 32.5 Å². The number of benzene rings is 1. The highest BCUT2D eigenvalue weighted by atomic mass is 35.5. The smallest absolute Gasteiger partial charge is 0.0501 e. The van der Waals surface area contributed by atoms with Crippen molar-refractivity contribution in [2.45, 2.75) is 19.0 Å². The van der Waals surface area contributed by atoms with Gasteiger partial charge in [-0.2, -0.15) is 0 Å². The lowest BCUT2D eigenvalue weighted by molar-refractivity contribution is 0.0742. The van der Waals surface area contributed by atoms with Gasteiger partial charge in [-0.25, -0.2) is 0 Å². The minimum atomic E-state index is 0.0948. The summed E-state index contributed by atoms with van der Waals surface area (Å²) in [6.07, 6.45) is 0. The molecule has 1 aromatic carbocycles. The van der Waals surface area contributed by atoms with Crippen LogP contribution in [0.4, 0.5) is 0 Å². The molecule has 0 saturated carbocycles. The number of hydrogen-bond donors (Lipinski definition) is 1. The van der Waals surface area contributed by atoms with Gasteiger partial charge >= 0.3 is 0 Å². The second-order valence-electron chi connectivity index (χ2n) is 5.21. The molecule has 106 valence electrons. The molecule has 1 heterocycles. The van der Waals surface area contributed by atoms with Gasteiger partial charge in [0.1, 0.15) is 0 Å². The van der Waals surface area contributed by atoms with E-state index in [1.807, 2.05) is 18.2 Å². The SMILES string of the molecule is CC1CN(C(CN)c2c(Cl)cccc2Cl)CCN1C. The molecule has 2 atom stereocenters. The van der Waals surface area contributed by atoms with Crippen molar-refractivity contribution in [3.8, 4) is 0 Å². The predicted molar refractivity (Wildman–Crippen MR) is 81.9 cm³/mol. The van der Waals surface area contributed by atoms with Gasteiger partial charge < -0.3 is 10.6 Å². The quantitative estimate of drug-likeness (QED) is 0.931. The average Bonchev–Trinajstić information content (AvgIpc) is 2.37. The zero-order valence-corrected chi connectivity index (χ0v) is 13.0. The summed E-state index contributed by atoms with van der Waals surface area (Å²) in [6, 6.07) is 6.24. The summed E-state index contributed by atoms with van der Waals surface area (Å²) in [7, 11) is 2.15. The second kappa shape index (κ2) is 6.42.